The fraction of sp³-hybridized carbons (Fsp3) is 0.385. The van der Waals surface area contributed by atoms with E-state index in [1.165, 1.54) is 5.56 Å². The normalized spacial score (nSPS) is 23.4. The number of hydrogen-bond acceptors (Lipinski definition) is 8. The molecule has 114 valence electrons. The molecule has 0 fully saturated rings. The summed E-state index contributed by atoms with van der Waals surface area (Å²) >= 11 is 0. The van der Waals surface area contributed by atoms with Gasteiger partial charge in [0.05, 0.1) is 6.20 Å². The molecule has 2 aromatic heterocycles. The SMILES string of the molecule is NC1=NC(N)(C2CCc3c(cnc4[nH]ncc34)C2)N=C(N)N1. The number of fused-ring (bicyclic) bond motifs is 3. The van der Waals surface area contributed by atoms with Crippen molar-refractivity contribution in [3.63, 3.8) is 0 Å². The molecule has 0 saturated heterocycles. The molecule has 2 aliphatic rings. The Balaban J connectivity index is 1.71. The quantitative estimate of drug-likeness (QED) is 0.450. The fourth-order valence-electron chi connectivity index (χ4n) is 3.29. The van der Waals surface area contributed by atoms with Crippen LogP contribution in [0, 0.1) is 5.92 Å². The maximum atomic E-state index is 6.35. The van der Waals surface area contributed by atoms with Gasteiger partial charge in [-0.15, -0.1) is 0 Å². The minimum atomic E-state index is -1.12. The third-order valence-corrected chi connectivity index (χ3v) is 4.35. The van der Waals surface area contributed by atoms with Gasteiger partial charge in [0.1, 0.15) is 0 Å². The van der Waals surface area contributed by atoms with E-state index in [9.17, 15) is 0 Å². The minimum absolute atomic E-state index is 0.0188. The van der Waals surface area contributed by atoms with E-state index in [1.807, 2.05) is 12.4 Å². The van der Waals surface area contributed by atoms with Gasteiger partial charge in [0.15, 0.2) is 17.6 Å². The summed E-state index contributed by atoms with van der Waals surface area (Å²) in [6, 6.07) is 0. The molecular formula is C13H17N9. The summed E-state index contributed by atoms with van der Waals surface area (Å²) in [4.78, 5) is 12.9. The lowest BCUT2D eigenvalue weighted by Gasteiger charge is -2.36. The predicted molar refractivity (Wildman–Crippen MR) is 82.7 cm³/mol. The zero-order chi connectivity index (χ0) is 15.3. The molecule has 0 radical (unpaired) electrons. The summed E-state index contributed by atoms with van der Waals surface area (Å²) in [5, 5.41) is 10.7. The topological polar surface area (TPSA) is 156 Å². The number of aromatic nitrogens is 3. The van der Waals surface area contributed by atoms with Crippen LogP contribution in [-0.4, -0.2) is 32.9 Å². The first-order chi connectivity index (χ1) is 10.5. The molecule has 0 amide bonds. The molecule has 0 aromatic carbocycles. The van der Waals surface area contributed by atoms with Crippen molar-refractivity contribution in [2.75, 3.05) is 0 Å². The molecule has 2 aromatic rings. The van der Waals surface area contributed by atoms with Crippen LogP contribution >= 0.6 is 0 Å². The van der Waals surface area contributed by atoms with Crippen LogP contribution < -0.4 is 22.5 Å². The van der Waals surface area contributed by atoms with E-state index >= 15 is 0 Å². The highest BCUT2D eigenvalue weighted by molar-refractivity contribution is 5.98. The molecule has 8 N–H and O–H groups in total. The highest BCUT2D eigenvalue weighted by Crippen LogP contribution is 2.35. The van der Waals surface area contributed by atoms with E-state index < -0.39 is 5.79 Å². The summed E-state index contributed by atoms with van der Waals surface area (Å²) in [6.07, 6.45) is 6.13. The Morgan fingerprint density at radius 1 is 1.18 bits per heavy atom. The molecule has 1 aliphatic carbocycles. The number of aryl methyl sites for hydroxylation is 1. The van der Waals surface area contributed by atoms with E-state index in [4.69, 9.17) is 17.2 Å². The van der Waals surface area contributed by atoms with Crippen LogP contribution in [0.4, 0.5) is 0 Å². The van der Waals surface area contributed by atoms with Crippen molar-refractivity contribution >= 4 is 23.0 Å². The Morgan fingerprint density at radius 2 is 1.95 bits per heavy atom. The molecule has 0 saturated carbocycles. The van der Waals surface area contributed by atoms with Crippen molar-refractivity contribution in [1.29, 1.82) is 0 Å². The van der Waals surface area contributed by atoms with Crippen LogP contribution in [-0.2, 0) is 12.8 Å². The summed E-state index contributed by atoms with van der Waals surface area (Å²) in [6.45, 7) is 0. The number of nitrogens with one attached hydrogen (secondary N) is 2. The average molecular weight is 299 g/mol. The first-order valence-corrected chi connectivity index (χ1v) is 7.11. The van der Waals surface area contributed by atoms with Crippen LogP contribution in [0.15, 0.2) is 22.4 Å². The lowest BCUT2D eigenvalue weighted by atomic mass is 9.80. The van der Waals surface area contributed by atoms with Gasteiger partial charge in [-0.25, -0.2) is 15.0 Å². The number of hydrogen-bond donors (Lipinski definition) is 5. The van der Waals surface area contributed by atoms with E-state index in [2.05, 4.69) is 30.5 Å². The number of nitrogens with two attached hydrogens (primary N) is 3. The Bertz CT molecular complexity index is 785. The third kappa shape index (κ3) is 1.90. The number of aromatic amines is 1. The van der Waals surface area contributed by atoms with Crippen molar-refractivity contribution in [3.05, 3.63) is 23.5 Å². The number of pyridine rings is 1. The number of guanidine groups is 2. The molecule has 9 nitrogen and oxygen atoms in total. The van der Waals surface area contributed by atoms with Gasteiger partial charge in [0.2, 0.25) is 5.79 Å². The Kier molecular flexibility index (Phi) is 2.61. The minimum Gasteiger partial charge on any atom is -0.370 e. The molecule has 9 heteroatoms. The van der Waals surface area contributed by atoms with E-state index in [1.54, 1.807) is 0 Å². The van der Waals surface area contributed by atoms with Crippen LogP contribution in [0.2, 0.25) is 0 Å². The molecule has 3 heterocycles. The summed E-state index contributed by atoms with van der Waals surface area (Å²) in [5.74, 6) is -0.707. The fourth-order valence-corrected chi connectivity index (χ4v) is 3.29. The van der Waals surface area contributed by atoms with Crippen molar-refractivity contribution in [2.45, 2.75) is 25.0 Å². The van der Waals surface area contributed by atoms with Crippen LogP contribution in [0.1, 0.15) is 17.5 Å². The third-order valence-electron chi connectivity index (χ3n) is 4.35. The lowest BCUT2D eigenvalue weighted by molar-refractivity contribution is 0.260. The van der Waals surface area contributed by atoms with Crippen molar-refractivity contribution in [2.24, 2.45) is 33.1 Å². The van der Waals surface area contributed by atoms with Gasteiger partial charge in [-0.05, 0) is 30.4 Å². The largest absolute Gasteiger partial charge is 0.370 e. The lowest BCUT2D eigenvalue weighted by Crippen LogP contribution is -2.56. The molecule has 4 rings (SSSR count). The summed E-state index contributed by atoms with van der Waals surface area (Å²) < 4.78 is 0. The smallest absolute Gasteiger partial charge is 0.212 e. The van der Waals surface area contributed by atoms with Crippen molar-refractivity contribution in [1.82, 2.24) is 20.5 Å². The molecule has 1 unspecified atom stereocenters. The maximum Gasteiger partial charge on any atom is 0.212 e. The Hall–Kier alpha value is -2.68. The number of nitrogens with zero attached hydrogens (tertiary/aromatic N) is 4. The highest BCUT2D eigenvalue weighted by Gasteiger charge is 2.39. The van der Waals surface area contributed by atoms with Crippen LogP contribution in [0.3, 0.4) is 0 Å². The number of H-pyrrole nitrogens is 1. The molecule has 1 atom stereocenters. The van der Waals surface area contributed by atoms with Crippen LogP contribution in [0.25, 0.3) is 11.0 Å². The van der Waals surface area contributed by atoms with Crippen molar-refractivity contribution in [3.8, 4) is 0 Å². The van der Waals surface area contributed by atoms with E-state index in [0.29, 0.717) is 0 Å². The molecular weight excluding hydrogens is 282 g/mol. The zero-order valence-corrected chi connectivity index (χ0v) is 11.9. The number of rotatable bonds is 1. The van der Waals surface area contributed by atoms with Gasteiger partial charge in [-0.1, -0.05) is 0 Å². The van der Waals surface area contributed by atoms with E-state index in [-0.39, 0.29) is 17.8 Å². The average Bonchev–Trinajstić information content (AvgIpc) is 2.94. The predicted octanol–water partition coefficient (Wildman–Crippen LogP) is -1.09. The van der Waals surface area contributed by atoms with E-state index in [0.717, 1.165) is 35.9 Å². The maximum absolute atomic E-state index is 6.35. The van der Waals surface area contributed by atoms with Crippen LogP contribution in [0.5, 0.6) is 0 Å². The first-order valence-electron chi connectivity index (χ1n) is 7.11. The molecule has 22 heavy (non-hydrogen) atoms. The number of aliphatic imine (C=N–C) groups is 2. The molecule has 0 bridgehead atoms. The molecule has 1 aliphatic heterocycles. The van der Waals surface area contributed by atoms with Gasteiger partial charge in [0.25, 0.3) is 0 Å². The van der Waals surface area contributed by atoms with Gasteiger partial charge in [-0.2, -0.15) is 5.10 Å². The van der Waals surface area contributed by atoms with Gasteiger partial charge < -0.3 is 11.5 Å². The summed E-state index contributed by atoms with van der Waals surface area (Å²) in [5.41, 5.74) is 21.0. The standard InChI is InChI=1S/C13H17N9/c14-11-19-12(15)21-13(16,20-11)7-1-2-8-6(3-7)4-17-10-9(8)5-18-22-10/h4-5,7H,1-3,16H2,(H,17,18,22)(H5,14,15,19,20,21). The van der Waals surface area contributed by atoms with Gasteiger partial charge >= 0.3 is 0 Å². The first kappa shape index (κ1) is 13.0. The second kappa shape index (κ2) is 4.41. The second-order valence-corrected chi connectivity index (χ2v) is 5.74. The van der Waals surface area contributed by atoms with Gasteiger partial charge in [0, 0.05) is 17.5 Å². The zero-order valence-electron chi connectivity index (χ0n) is 11.9. The molecule has 0 spiro atoms. The Morgan fingerprint density at radius 3 is 2.73 bits per heavy atom. The Labute approximate surface area is 126 Å². The summed E-state index contributed by atoms with van der Waals surface area (Å²) in [7, 11) is 0. The van der Waals surface area contributed by atoms with Crippen molar-refractivity contribution < 1.29 is 0 Å². The monoisotopic (exact) mass is 299 g/mol. The highest BCUT2D eigenvalue weighted by atomic mass is 15.4. The second-order valence-electron chi connectivity index (χ2n) is 5.74. The van der Waals surface area contributed by atoms with Gasteiger partial charge in [-0.3, -0.25) is 16.1 Å².